The Hall–Kier alpha value is -4.95. The first-order valence-corrected chi connectivity index (χ1v) is 14.9. The fraction of sp³-hybridized carbons (Fsp3) is 0.250. The van der Waals surface area contributed by atoms with E-state index in [0.29, 0.717) is 25.3 Å². The van der Waals surface area contributed by atoms with Crippen LogP contribution in [0.25, 0.3) is 33.8 Å². The van der Waals surface area contributed by atoms with Crippen molar-refractivity contribution in [2.45, 2.75) is 52.7 Å². The minimum atomic E-state index is -0.905. The fourth-order valence-electron chi connectivity index (χ4n) is 5.60. The Morgan fingerprint density at radius 3 is 2.41 bits per heavy atom. The van der Waals surface area contributed by atoms with E-state index in [1.54, 1.807) is 26.2 Å². The summed E-state index contributed by atoms with van der Waals surface area (Å²) in [6, 6.07) is 22.1. The number of aliphatic hydroxyl groups is 1. The van der Waals surface area contributed by atoms with Crippen LogP contribution in [0, 0.1) is 6.92 Å². The molecule has 0 bridgehead atoms. The van der Waals surface area contributed by atoms with Gasteiger partial charge in [0.1, 0.15) is 6.33 Å². The first-order chi connectivity index (χ1) is 21.2. The molecule has 0 radical (unpaired) electrons. The van der Waals surface area contributed by atoms with Crippen molar-refractivity contribution in [3.05, 3.63) is 113 Å². The molecule has 2 N–H and O–H groups in total. The normalized spacial score (nSPS) is 13.0. The van der Waals surface area contributed by atoms with Crippen LogP contribution in [-0.2, 0) is 25.0 Å². The van der Waals surface area contributed by atoms with E-state index in [1.165, 1.54) is 6.33 Å². The summed E-state index contributed by atoms with van der Waals surface area (Å²) < 4.78 is 0. The Bertz CT molecular complexity index is 1810. The van der Waals surface area contributed by atoms with Crippen molar-refractivity contribution < 1.29 is 9.90 Å². The van der Waals surface area contributed by atoms with Crippen molar-refractivity contribution in [1.82, 2.24) is 24.8 Å². The lowest BCUT2D eigenvalue weighted by Gasteiger charge is -2.30. The van der Waals surface area contributed by atoms with Crippen LogP contribution >= 0.6 is 0 Å². The highest BCUT2D eigenvalue weighted by atomic mass is 16.3. The molecule has 0 unspecified atom stereocenters. The van der Waals surface area contributed by atoms with E-state index >= 15 is 0 Å². The molecule has 6 rings (SSSR count). The van der Waals surface area contributed by atoms with Crippen LogP contribution in [0.2, 0.25) is 0 Å². The number of nitrogens with zero attached hydrogens (tertiary/aromatic N) is 5. The van der Waals surface area contributed by atoms with Crippen molar-refractivity contribution in [3.63, 3.8) is 0 Å². The monoisotopic (exact) mass is 584 g/mol. The van der Waals surface area contributed by atoms with Crippen LogP contribution in [0.15, 0.2) is 85.5 Å². The van der Waals surface area contributed by atoms with Crippen LogP contribution in [0.3, 0.4) is 0 Å². The van der Waals surface area contributed by atoms with Gasteiger partial charge < -0.3 is 15.3 Å². The first kappa shape index (κ1) is 29.1. The SMILES string of the molecule is CCc1cc(NC(=O)N2CCc3nc(-c4cncnc4)nc(-c4ccccc4C)c3C2)cc(-c2ccc(C(C)(C)O)cc2)c1. The minimum Gasteiger partial charge on any atom is -0.386 e. The van der Waals surface area contributed by atoms with Crippen molar-refractivity contribution in [1.29, 1.82) is 0 Å². The zero-order valence-electron chi connectivity index (χ0n) is 25.5. The number of hydrogen-bond donors (Lipinski definition) is 2. The van der Waals surface area contributed by atoms with E-state index in [9.17, 15) is 9.90 Å². The Morgan fingerprint density at radius 2 is 1.70 bits per heavy atom. The van der Waals surface area contributed by atoms with Crippen molar-refractivity contribution in [2.75, 3.05) is 11.9 Å². The highest BCUT2D eigenvalue weighted by Crippen LogP contribution is 2.33. The number of hydrogen-bond acceptors (Lipinski definition) is 6. The van der Waals surface area contributed by atoms with Gasteiger partial charge in [0.15, 0.2) is 5.82 Å². The number of anilines is 1. The summed E-state index contributed by atoms with van der Waals surface area (Å²) in [5.41, 5.74) is 9.45. The average Bonchev–Trinajstić information content (AvgIpc) is 3.04. The zero-order valence-corrected chi connectivity index (χ0v) is 25.5. The fourth-order valence-corrected chi connectivity index (χ4v) is 5.60. The second-order valence-corrected chi connectivity index (χ2v) is 11.8. The smallest absolute Gasteiger partial charge is 0.322 e. The number of aryl methyl sites for hydroxylation is 2. The van der Waals surface area contributed by atoms with Crippen LogP contribution in [0.4, 0.5) is 10.5 Å². The van der Waals surface area contributed by atoms with Gasteiger partial charge in [-0.1, -0.05) is 61.5 Å². The van der Waals surface area contributed by atoms with E-state index < -0.39 is 5.60 Å². The number of nitrogens with one attached hydrogen (secondary N) is 1. The van der Waals surface area contributed by atoms with Gasteiger partial charge in [-0.3, -0.25) is 0 Å². The van der Waals surface area contributed by atoms with Crippen molar-refractivity contribution >= 4 is 11.7 Å². The predicted octanol–water partition coefficient (Wildman–Crippen LogP) is 6.96. The van der Waals surface area contributed by atoms with Gasteiger partial charge in [-0.05, 0) is 67.1 Å². The van der Waals surface area contributed by atoms with Gasteiger partial charge in [-0.25, -0.2) is 24.7 Å². The van der Waals surface area contributed by atoms with E-state index in [4.69, 9.17) is 9.97 Å². The van der Waals surface area contributed by atoms with Crippen LogP contribution in [0.5, 0.6) is 0 Å². The van der Waals surface area contributed by atoms with Gasteiger partial charge in [0.2, 0.25) is 0 Å². The molecule has 2 aromatic heterocycles. The Morgan fingerprint density at radius 1 is 0.955 bits per heavy atom. The van der Waals surface area contributed by atoms with E-state index in [-0.39, 0.29) is 6.03 Å². The molecule has 0 fully saturated rings. The number of carbonyl (C=O) groups excluding carboxylic acids is 1. The summed E-state index contributed by atoms with van der Waals surface area (Å²) >= 11 is 0. The average molecular weight is 585 g/mol. The summed E-state index contributed by atoms with van der Waals surface area (Å²) in [6.07, 6.45) is 6.38. The van der Waals surface area contributed by atoms with Crippen LogP contribution < -0.4 is 5.32 Å². The molecule has 8 heteroatoms. The van der Waals surface area contributed by atoms with E-state index in [1.807, 2.05) is 53.4 Å². The van der Waals surface area contributed by atoms with E-state index in [2.05, 4.69) is 47.3 Å². The third-order valence-corrected chi connectivity index (χ3v) is 8.14. The van der Waals surface area contributed by atoms with Gasteiger partial charge in [0, 0.05) is 42.2 Å². The molecule has 1 aliphatic heterocycles. The van der Waals surface area contributed by atoms with Crippen molar-refractivity contribution in [2.24, 2.45) is 0 Å². The number of rotatable bonds is 6. The summed E-state index contributed by atoms with van der Waals surface area (Å²) in [4.78, 5) is 33.7. The number of fused-ring (bicyclic) bond motifs is 1. The number of carbonyl (C=O) groups is 1. The summed E-state index contributed by atoms with van der Waals surface area (Å²) in [7, 11) is 0. The molecular formula is C36H36N6O2. The quantitative estimate of drug-likeness (QED) is 0.224. The van der Waals surface area contributed by atoms with Gasteiger partial charge in [-0.2, -0.15) is 0 Å². The Kier molecular flexibility index (Phi) is 7.93. The standard InChI is InChI=1S/C36H36N6O2/c1-5-24-16-26(25-10-12-28(13-11-25)36(3,4)44)18-29(17-24)39-35(43)42-15-14-32-31(21-42)33(30-9-7-6-8-23(30)2)41-34(40-32)27-19-37-22-38-20-27/h6-13,16-20,22,44H,5,14-15,21H2,1-4H3,(H,39,43). The van der Waals surface area contributed by atoms with Gasteiger partial charge in [-0.15, -0.1) is 0 Å². The molecule has 8 nitrogen and oxygen atoms in total. The molecule has 0 aliphatic carbocycles. The first-order valence-electron chi connectivity index (χ1n) is 14.9. The summed E-state index contributed by atoms with van der Waals surface area (Å²) in [5.74, 6) is 0.583. The Labute approximate surface area is 257 Å². The molecule has 1 aliphatic rings. The maximum absolute atomic E-state index is 13.7. The molecule has 3 aromatic carbocycles. The molecule has 5 aromatic rings. The molecule has 2 amide bonds. The van der Waals surface area contributed by atoms with Crippen LogP contribution in [0.1, 0.15) is 48.7 Å². The lowest BCUT2D eigenvalue weighted by atomic mass is 9.94. The Balaban J connectivity index is 1.29. The number of urea groups is 1. The third-order valence-electron chi connectivity index (χ3n) is 8.14. The minimum absolute atomic E-state index is 0.163. The second kappa shape index (κ2) is 12.0. The second-order valence-electron chi connectivity index (χ2n) is 11.8. The number of benzene rings is 3. The van der Waals surface area contributed by atoms with Gasteiger partial charge in [0.05, 0.1) is 29.1 Å². The predicted molar refractivity (Wildman–Crippen MR) is 173 cm³/mol. The van der Waals surface area contributed by atoms with Gasteiger partial charge in [0.25, 0.3) is 0 Å². The summed E-state index contributed by atoms with van der Waals surface area (Å²) in [6.45, 7) is 8.66. The van der Waals surface area contributed by atoms with Crippen LogP contribution in [-0.4, -0.2) is 42.5 Å². The number of aromatic nitrogens is 4. The number of amides is 2. The largest absolute Gasteiger partial charge is 0.386 e. The topological polar surface area (TPSA) is 104 Å². The molecule has 0 spiro atoms. The lowest BCUT2D eigenvalue weighted by molar-refractivity contribution is 0.0786. The molecule has 3 heterocycles. The zero-order chi connectivity index (χ0) is 30.8. The highest BCUT2D eigenvalue weighted by molar-refractivity contribution is 5.91. The lowest BCUT2D eigenvalue weighted by Crippen LogP contribution is -2.39. The van der Waals surface area contributed by atoms with Crippen molar-refractivity contribution in [3.8, 4) is 33.8 Å². The highest BCUT2D eigenvalue weighted by Gasteiger charge is 2.27. The third kappa shape index (κ3) is 6.07. The molecular weight excluding hydrogens is 548 g/mol. The molecule has 0 atom stereocenters. The van der Waals surface area contributed by atoms with Gasteiger partial charge >= 0.3 is 6.03 Å². The summed E-state index contributed by atoms with van der Waals surface area (Å²) in [5, 5.41) is 13.5. The molecule has 0 saturated heterocycles. The molecule has 44 heavy (non-hydrogen) atoms. The molecule has 222 valence electrons. The van der Waals surface area contributed by atoms with E-state index in [0.717, 1.165) is 68.0 Å². The maximum Gasteiger partial charge on any atom is 0.322 e. The molecule has 0 saturated carbocycles. The maximum atomic E-state index is 13.7.